The third-order valence-electron chi connectivity index (χ3n) is 5.75. The van der Waals surface area contributed by atoms with Crippen molar-refractivity contribution < 1.29 is 0 Å². The molecular formula is C16H28N2. The molecule has 0 aromatic rings. The minimum atomic E-state index is 0.599. The van der Waals surface area contributed by atoms with Crippen molar-refractivity contribution in [3.05, 3.63) is 0 Å². The average Bonchev–Trinajstić information content (AvgIpc) is 2.09. The number of hydrogen-bond acceptors (Lipinski definition) is 1. The quantitative estimate of drug-likeness (QED) is 0.599. The highest BCUT2D eigenvalue weighted by Gasteiger charge is 2.59. The summed E-state index contributed by atoms with van der Waals surface area (Å²) in [6.45, 7) is 7.94. The van der Waals surface area contributed by atoms with Gasteiger partial charge in [0.25, 0.3) is 0 Å². The van der Waals surface area contributed by atoms with E-state index in [2.05, 4.69) is 18.8 Å². The van der Waals surface area contributed by atoms with Crippen LogP contribution in [0.25, 0.3) is 0 Å². The van der Waals surface area contributed by atoms with E-state index in [0.717, 1.165) is 18.3 Å². The maximum Gasteiger partial charge on any atom is 0.0905 e. The fraction of sp³-hybridized carbons (Fsp3) is 0.938. The third-order valence-corrected chi connectivity index (χ3v) is 5.75. The van der Waals surface area contributed by atoms with E-state index in [1.165, 1.54) is 44.9 Å². The Balaban J connectivity index is 1.78. The summed E-state index contributed by atoms with van der Waals surface area (Å²) in [4.78, 5) is 4.44. The minimum Gasteiger partial charge on any atom is -0.388 e. The van der Waals surface area contributed by atoms with E-state index in [-0.39, 0.29) is 0 Å². The lowest BCUT2D eigenvalue weighted by atomic mass is 9.40. The number of nitrogens with two attached hydrogens (primary N) is 1. The molecule has 0 aliphatic heterocycles. The van der Waals surface area contributed by atoms with E-state index in [9.17, 15) is 0 Å². The van der Waals surface area contributed by atoms with E-state index in [4.69, 9.17) is 5.73 Å². The lowest BCUT2D eigenvalue weighted by molar-refractivity contribution is -0.146. The predicted octanol–water partition coefficient (Wildman–Crippen LogP) is 3.75. The third kappa shape index (κ3) is 2.08. The fourth-order valence-corrected chi connectivity index (χ4v) is 6.43. The maximum absolute atomic E-state index is 5.67. The summed E-state index contributed by atoms with van der Waals surface area (Å²) in [5.41, 5.74) is 7.54. The molecule has 2 heteroatoms. The highest BCUT2D eigenvalue weighted by molar-refractivity contribution is 5.77. The molecule has 4 aliphatic rings. The molecule has 0 radical (unpaired) electrons. The number of amidine groups is 1. The van der Waals surface area contributed by atoms with E-state index < -0.39 is 0 Å². The molecule has 0 amide bonds. The fourth-order valence-electron chi connectivity index (χ4n) is 6.43. The normalized spacial score (nSPS) is 50.8. The van der Waals surface area contributed by atoms with Crippen molar-refractivity contribution in [2.24, 2.45) is 32.9 Å². The Labute approximate surface area is 111 Å². The van der Waals surface area contributed by atoms with Crippen molar-refractivity contribution in [3.8, 4) is 0 Å². The van der Waals surface area contributed by atoms with Gasteiger partial charge in [-0.25, -0.2) is 0 Å². The first-order valence-corrected chi connectivity index (χ1v) is 7.59. The van der Waals surface area contributed by atoms with Crippen LogP contribution in [0.15, 0.2) is 4.99 Å². The molecular weight excluding hydrogens is 220 g/mol. The molecule has 4 bridgehead atoms. The van der Waals surface area contributed by atoms with E-state index in [1.807, 2.05) is 6.92 Å². The topological polar surface area (TPSA) is 38.4 Å². The van der Waals surface area contributed by atoms with Gasteiger partial charge in [-0.1, -0.05) is 13.8 Å². The van der Waals surface area contributed by atoms with Gasteiger partial charge in [0.05, 0.1) is 5.84 Å². The summed E-state index contributed by atoms with van der Waals surface area (Å²) >= 11 is 0. The molecule has 0 aromatic carbocycles. The molecule has 4 atom stereocenters. The Bertz CT molecular complexity index is 363. The molecule has 0 heterocycles. The zero-order chi connectivity index (χ0) is 13.0. The summed E-state index contributed by atoms with van der Waals surface area (Å²) in [6.07, 6.45) is 10.1. The van der Waals surface area contributed by atoms with Crippen molar-refractivity contribution in [1.29, 1.82) is 0 Å². The van der Waals surface area contributed by atoms with Crippen molar-refractivity contribution >= 4 is 5.84 Å². The highest BCUT2D eigenvalue weighted by atomic mass is 14.8. The van der Waals surface area contributed by atoms with Crippen molar-refractivity contribution in [3.63, 3.8) is 0 Å². The van der Waals surface area contributed by atoms with Gasteiger partial charge in [-0.05, 0) is 74.0 Å². The first-order chi connectivity index (χ1) is 8.32. The van der Waals surface area contributed by atoms with Gasteiger partial charge in [-0.2, -0.15) is 0 Å². The van der Waals surface area contributed by atoms with Gasteiger partial charge in [-0.15, -0.1) is 0 Å². The second-order valence-electron chi connectivity index (χ2n) is 8.40. The van der Waals surface area contributed by atoms with Crippen molar-refractivity contribution in [2.45, 2.75) is 65.7 Å². The van der Waals surface area contributed by atoms with Gasteiger partial charge in [0.2, 0.25) is 0 Å². The second kappa shape index (κ2) is 3.74. The van der Waals surface area contributed by atoms with Gasteiger partial charge in [-0.3, -0.25) is 4.99 Å². The van der Waals surface area contributed by atoms with E-state index in [1.54, 1.807) is 0 Å². The van der Waals surface area contributed by atoms with Crippen LogP contribution < -0.4 is 5.73 Å². The predicted molar refractivity (Wildman–Crippen MR) is 76.6 cm³/mol. The van der Waals surface area contributed by atoms with E-state index >= 15 is 0 Å². The van der Waals surface area contributed by atoms with Gasteiger partial charge < -0.3 is 5.73 Å². The SMILES string of the molecule is CC(N)=NCCC12CC3C[C@@](C)(C1)C[C@](C)(C3)C2. The number of rotatable bonds is 3. The van der Waals surface area contributed by atoms with Gasteiger partial charge in [0, 0.05) is 6.54 Å². The Hall–Kier alpha value is -0.530. The number of nitrogens with zero attached hydrogens (tertiary/aromatic N) is 1. The standard InChI is InChI=1S/C16H28N2/c1-12(17)18-5-4-16-8-13-6-14(2,10-16)9-15(3,7-13)11-16/h13H,4-11H2,1-3H3,(H2,17,18)/t13?,14-,15+,16?. The van der Waals surface area contributed by atoms with Crippen LogP contribution in [-0.4, -0.2) is 12.4 Å². The maximum atomic E-state index is 5.67. The lowest BCUT2D eigenvalue weighted by Gasteiger charge is -2.65. The molecule has 2 unspecified atom stereocenters. The Morgan fingerprint density at radius 1 is 1.11 bits per heavy atom. The molecule has 4 rings (SSSR count). The zero-order valence-corrected chi connectivity index (χ0v) is 12.3. The van der Waals surface area contributed by atoms with Crippen LogP contribution in [0.1, 0.15) is 65.7 Å². The Morgan fingerprint density at radius 3 is 2.22 bits per heavy atom. The second-order valence-corrected chi connectivity index (χ2v) is 8.40. The summed E-state index contributed by atoms with van der Waals surface area (Å²) in [7, 11) is 0. The highest BCUT2D eigenvalue weighted by Crippen LogP contribution is 2.70. The van der Waals surface area contributed by atoms with Crippen molar-refractivity contribution in [2.75, 3.05) is 6.54 Å². The summed E-state index contributed by atoms with van der Waals surface area (Å²) in [5, 5.41) is 0. The molecule has 4 fully saturated rings. The Morgan fingerprint density at radius 2 is 1.72 bits per heavy atom. The smallest absolute Gasteiger partial charge is 0.0905 e. The molecule has 4 aliphatic carbocycles. The Kier molecular flexibility index (Phi) is 2.60. The molecule has 102 valence electrons. The first kappa shape index (κ1) is 12.5. The minimum absolute atomic E-state index is 0.599. The lowest BCUT2D eigenvalue weighted by Crippen LogP contribution is -2.55. The molecule has 18 heavy (non-hydrogen) atoms. The molecule has 0 aromatic heterocycles. The van der Waals surface area contributed by atoms with Crippen LogP contribution in [0.3, 0.4) is 0 Å². The van der Waals surface area contributed by atoms with Gasteiger partial charge in [0.1, 0.15) is 0 Å². The molecule has 4 saturated carbocycles. The monoisotopic (exact) mass is 248 g/mol. The molecule has 2 N–H and O–H groups in total. The van der Waals surface area contributed by atoms with Crippen molar-refractivity contribution in [1.82, 2.24) is 0 Å². The molecule has 2 nitrogen and oxygen atoms in total. The zero-order valence-electron chi connectivity index (χ0n) is 12.3. The van der Waals surface area contributed by atoms with Crippen LogP contribution in [0.5, 0.6) is 0 Å². The number of hydrogen-bond donors (Lipinski definition) is 1. The van der Waals surface area contributed by atoms with Crippen LogP contribution in [0.4, 0.5) is 0 Å². The summed E-state index contributed by atoms with van der Waals surface area (Å²) in [6, 6.07) is 0. The van der Waals surface area contributed by atoms with Crippen LogP contribution in [0.2, 0.25) is 0 Å². The molecule has 0 spiro atoms. The van der Waals surface area contributed by atoms with E-state index in [0.29, 0.717) is 16.2 Å². The van der Waals surface area contributed by atoms with Crippen LogP contribution >= 0.6 is 0 Å². The van der Waals surface area contributed by atoms with Crippen LogP contribution in [0, 0.1) is 22.2 Å². The largest absolute Gasteiger partial charge is 0.388 e. The average molecular weight is 248 g/mol. The number of aliphatic imine (C=N–C) groups is 1. The summed E-state index contributed by atoms with van der Waals surface area (Å²) < 4.78 is 0. The van der Waals surface area contributed by atoms with Gasteiger partial charge >= 0.3 is 0 Å². The first-order valence-electron chi connectivity index (χ1n) is 7.59. The summed E-state index contributed by atoms with van der Waals surface area (Å²) in [5.74, 6) is 1.75. The van der Waals surface area contributed by atoms with Gasteiger partial charge in [0.15, 0.2) is 0 Å². The van der Waals surface area contributed by atoms with Crippen LogP contribution in [-0.2, 0) is 0 Å². The molecule has 0 saturated heterocycles.